The van der Waals surface area contributed by atoms with E-state index >= 15 is 0 Å². The van der Waals surface area contributed by atoms with Crippen LogP contribution < -0.4 is 4.90 Å². The summed E-state index contributed by atoms with van der Waals surface area (Å²) in [7, 11) is 3.20. The van der Waals surface area contributed by atoms with Gasteiger partial charge in [0.1, 0.15) is 0 Å². The molecule has 6 heteroatoms. The van der Waals surface area contributed by atoms with Gasteiger partial charge in [0.15, 0.2) is 0 Å². The van der Waals surface area contributed by atoms with E-state index in [0.29, 0.717) is 5.56 Å². The molecule has 1 amide bonds. The van der Waals surface area contributed by atoms with E-state index in [4.69, 9.17) is 10.7 Å². The summed E-state index contributed by atoms with van der Waals surface area (Å²) < 4.78 is 22.5. The average molecular weight is 274 g/mol. The molecule has 4 nitrogen and oxygen atoms in total. The number of likely N-dealkylation sites (N-methyl/N-ethyl adjacent to an activating group) is 1. The van der Waals surface area contributed by atoms with Gasteiger partial charge in [-0.1, -0.05) is 0 Å². The third-order valence-corrected chi connectivity index (χ3v) is 4.48. The van der Waals surface area contributed by atoms with E-state index in [1.54, 1.807) is 27.0 Å². The molecule has 92 valence electrons. The van der Waals surface area contributed by atoms with Crippen LogP contribution in [0.4, 0.5) is 5.69 Å². The van der Waals surface area contributed by atoms with Crippen LogP contribution in [0.2, 0.25) is 0 Å². The molecule has 0 saturated heterocycles. The van der Waals surface area contributed by atoms with Crippen molar-refractivity contribution < 1.29 is 13.2 Å². The summed E-state index contributed by atoms with van der Waals surface area (Å²) in [6.45, 7) is 3.53. The molecular weight excluding hydrogens is 262 g/mol. The van der Waals surface area contributed by atoms with Crippen molar-refractivity contribution in [1.29, 1.82) is 0 Å². The predicted molar refractivity (Wildman–Crippen MR) is 65.9 cm³/mol. The third-order valence-electron chi connectivity index (χ3n) is 3.12. The number of halogens is 1. The average Bonchev–Trinajstić information content (AvgIpc) is 2.39. The van der Waals surface area contributed by atoms with Crippen LogP contribution in [0, 0.1) is 0 Å². The quantitative estimate of drug-likeness (QED) is 0.734. The zero-order valence-electron chi connectivity index (χ0n) is 9.69. The lowest BCUT2D eigenvalue weighted by molar-refractivity contribution is -0.121. The second-order valence-corrected chi connectivity index (χ2v) is 7.17. The van der Waals surface area contributed by atoms with Crippen molar-refractivity contribution in [2.75, 3.05) is 11.9 Å². The van der Waals surface area contributed by atoms with Gasteiger partial charge < -0.3 is 4.90 Å². The van der Waals surface area contributed by atoms with E-state index in [2.05, 4.69) is 0 Å². The molecule has 17 heavy (non-hydrogen) atoms. The van der Waals surface area contributed by atoms with Gasteiger partial charge in [-0.2, -0.15) is 0 Å². The first kappa shape index (κ1) is 12.4. The maximum atomic E-state index is 12.0. The summed E-state index contributed by atoms with van der Waals surface area (Å²) in [5.41, 5.74) is 0.692. The monoisotopic (exact) mass is 273 g/mol. The van der Waals surface area contributed by atoms with E-state index in [-0.39, 0.29) is 10.8 Å². The number of anilines is 1. The van der Waals surface area contributed by atoms with Gasteiger partial charge in [0.2, 0.25) is 5.91 Å². The number of nitrogens with zero attached hydrogens (tertiary/aromatic N) is 1. The van der Waals surface area contributed by atoms with Crippen LogP contribution in [0.1, 0.15) is 19.4 Å². The summed E-state index contributed by atoms with van der Waals surface area (Å²) in [5, 5.41) is 0. The van der Waals surface area contributed by atoms with Gasteiger partial charge in [0.05, 0.1) is 10.3 Å². The zero-order chi connectivity index (χ0) is 13.0. The van der Waals surface area contributed by atoms with Gasteiger partial charge >= 0.3 is 0 Å². The molecule has 1 aromatic carbocycles. The van der Waals surface area contributed by atoms with Crippen molar-refractivity contribution in [3.8, 4) is 0 Å². The molecule has 0 saturated carbocycles. The number of hydrogen-bond acceptors (Lipinski definition) is 3. The first-order valence-electron chi connectivity index (χ1n) is 5.03. The highest BCUT2D eigenvalue weighted by atomic mass is 35.7. The Bertz CT molecular complexity index is 607. The highest BCUT2D eigenvalue weighted by Gasteiger charge is 2.42. The fourth-order valence-corrected chi connectivity index (χ4v) is 2.88. The van der Waals surface area contributed by atoms with Crippen LogP contribution in [0.5, 0.6) is 0 Å². The van der Waals surface area contributed by atoms with Gasteiger partial charge in [-0.25, -0.2) is 8.42 Å². The second-order valence-electron chi connectivity index (χ2n) is 4.61. The van der Waals surface area contributed by atoms with Gasteiger partial charge in [0.25, 0.3) is 9.05 Å². The highest BCUT2D eigenvalue weighted by Crippen LogP contribution is 2.41. The van der Waals surface area contributed by atoms with Crippen molar-refractivity contribution >= 4 is 31.3 Å². The first-order chi connectivity index (χ1) is 7.65. The smallest absolute Gasteiger partial charge is 0.261 e. The van der Waals surface area contributed by atoms with E-state index in [9.17, 15) is 13.2 Å². The molecular formula is C11H12ClNO3S. The van der Waals surface area contributed by atoms with E-state index in [1.165, 1.54) is 17.0 Å². The van der Waals surface area contributed by atoms with Crippen molar-refractivity contribution in [1.82, 2.24) is 0 Å². The molecule has 0 unspecified atom stereocenters. The number of carbonyl (C=O) groups is 1. The second kappa shape index (κ2) is 3.46. The number of hydrogen-bond donors (Lipinski definition) is 0. The highest BCUT2D eigenvalue weighted by molar-refractivity contribution is 8.13. The molecule has 0 aliphatic carbocycles. The molecule has 0 N–H and O–H groups in total. The molecule has 1 aromatic rings. The van der Waals surface area contributed by atoms with Gasteiger partial charge in [-0.05, 0) is 37.6 Å². The molecule has 0 fully saturated rings. The minimum atomic E-state index is -3.77. The fraction of sp³-hybridized carbons (Fsp3) is 0.364. The van der Waals surface area contributed by atoms with E-state index in [1.807, 2.05) is 0 Å². The molecule has 1 heterocycles. The standard InChI is InChI=1S/C11H12ClNO3S/c1-11(2)8-6-7(17(12,15)16)4-5-9(8)13(3)10(11)14/h4-6H,1-3H3. The normalized spacial score (nSPS) is 18.4. The van der Waals surface area contributed by atoms with Crippen LogP contribution in [-0.2, 0) is 19.3 Å². The van der Waals surface area contributed by atoms with Crippen molar-refractivity contribution in [3.05, 3.63) is 23.8 Å². The Labute approximate surface area is 105 Å². The molecule has 0 radical (unpaired) electrons. The van der Waals surface area contributed by atoms with Crippen LogP contribution >= 0.6 is 10.7 Å². The van der Waals surface area contributed by atoms with Crippen LogP contribution in [0.3, 0.4) is 0 Å². The lowest BCUT2D eigenvalue weighted by Gasteiger charge is -2.16. The summed E-state index contributed by atoms with van der Waals surface area (Å²) in [6.07, 6.45) is 0. The Kier molecular flexibility index (Phi) is 2.52. The Hall–Kier alpha value is -1.07. The summed E-state index contributed by atoms with van der Waals surface area (Å²) in [5.74, 6) is -0.0587. The van der Waals surface area contributed by atoms with E-state index < -0.39 is 14.5 Å². The minimum absolute atomic E-state index is 0.0223. The maximum Gasteiger partial charge on any atom is 0.261 e. The maximum absolute atomic E-state index is 12.0. The van der Waals surface area contributed by atoms with Crippen molar-refractivity contribution in [2.24, 2.45) is 0 Å². The summed E-state index contributed by atoms with van der Waals surface area (Å²) in [4.78, 5) is 13.5. The zero-order valence-corrected chi connectivity index (χ0v) is 11.3. The molecule has 0 spiro atoms. The minimum Gasteiger partial charge on any atom is -0.314 e. The lowest BCUT2D eigenvalue weighted by atomic mass is 9.86. The van der Waals surface area contributed by atoms with E-state index in [0.717, 1.165) is 5.69 Å². The summed E-state index contributed by atoms with van der Waals surface area (Å²) >= 11 is 0. The molecule has 1 aliphatic heterocycles. The third kappa shape index (κ3) is 1.73. The predicted octanol–water partition coefficient (Wildman–Crippen LogP) is 1.87. The van der Waals surface area contributed by atoms with Crippen molar-refractivity contribution in [2.45, 2.75) is 24.2 Å². The van der Waals surface area contributed by atoms with Crippen LogP contribution in [0.15, 0.2) is 23.1 Å². The largest absolute Gasteiger partial charge is 0.314 e. The van der Waals surface area contributed by atoms with Crippen molar-refractivity contribution in [3.63, 3.8) is 0 Å². The Morgan fingerprint density at radius 2 is 1.88 bits per heavy atom. The Morgan fingerprint density at radius 3 is 2.41 bits per heavy atom. The van der Waals surface area contributed by atoms with Crippen LogP contribution in [0.25, 0.3) is 0 Å². The molecule has 0 bridgehead atoms. The van der Waals surface area contributed by atoms with Gasteiger partial charge in [-0.15, -0.1) is 0 Å². The topological polar surface area (TPSA) is 54.5 Å². The fourth-order valence-electron chi connectivity index (χ4n) is 2.10. The number of fused-ring (bicyclic) bond motifs is 1. The molecule has 0 aromatic heterocycles. The first-order valence-corrected chi connectivity index (χ1v) is 7.34. The number of amides is 1. The molecule has 1 aliphatic rings. The van der Waals surface area contributed by atoms with Crippen LogP contribution in [-0.4, -0.2) is 21.4 Å². The van der Waals surface area contributed by atoms with Gasteiger partial charge in [-0.3, -0.25) is 4.79 Å². The Balaban J connectivity index is 2.71. The number of benzene rings is 1. The SMILES string of the molecule is CN1C(=O)C(C)(C)c2cc(S(=O)(=O)Cl)ccc21. The molecule has 0 atom stereocenters. The summed E-state index contributed by atoms with van der Waals surface area (Å²) in [6, 6.07) is 4.49. The van der Waals surface area contributed by atoms with Gasteiger partial charge in [0, 0.05) is 23.4 Å². The molecule has 2 rings (SSSR count). The Morgan fingerprint density at radius 1 is 1.29 bits per heavy atom. The lowest BCUT2D eigenvalue weighted by Crippen LogP contribution is -2.33. The number of carbonyl (C=O) groups excluding carboxylic acids is 1. The number of rotatable bonds is 1.